The Labute approximate surface area is 227 Å². The van der Waals surface area contributed by atoms with E-state index in [1.54, 1.807) is 48.5 Å². The second-order valence-corrected chi connectivity index (χ2v) is 8.67. The molecule has 0 atom stereocenters. The molecule has 38 heavy (non-hydrogen) atoms. The molecule has 10 nitrogen and oxygen atoms in total. The minimum Gasteiger partial charge on any atom is -0.490 e. The van der Waals surface area contributed by atoms with Gasteiger partial charge in [0, 0.05) is 43.0 Å². The Morgan fingerprint density at radius 3 is 2.55 bits per heavy atom. The van der Waals surface area contributed by atoms with Crippen molar-refractivity contribution >= 4 is 34.9 Å². The molecule has 0 aliphatic carbocycles. The van der Waals surface area contributed by atoms with Crippen LogP contribution in [-0.4, -0.2) is 55.1 Å². The normalized spacial score (nSPS) is 10.6. The van der Waals surface area contributed by atoms with Gasteiger partial charge in [-0.15, -0.1) is 0 Å². The summed E-state index contributed by atoms with van der Waals surface area (Å²) in [6.07, 6.45) is 1.49. The first-order valence-electron chi connectivity index (χ1n) is 12.3. The maximum absolute atomic E-state index is 12.7. The number of nitrogens with one attached hydrogen (secondary N) is 4. The van der Waals surface area contributed by atoms with Gasteiger partial charge in [0.05, 0.1) is 11.4 Å². The van der Waals surface area contributed by atoms with Crippen LogP contribution < -0.4 is 31.0 Å². The van der Waals surface area contributed by atoms with Crippen LogP contribution in [0.15, 0.2) is 54.7 Å². The Morgan fingerprint density at radius 2 is 1.82 bits per heavy atom. The summed E-state index contributed by atoms with van der Waals surface area (Å²) in [5, 5.41) is 5.89. The van der Waals surface area contributed by atoms with Crippen molar-refractivity contribution in [3.8, 4) is 17.2 Å². The molecule has 202 valence electrons. The number of aryl methyl sites for hydroxylation is 1. The minimum atomic E-state index is -0.490. The van der Waals surface area contributed by atoms with Gasteiger partial charge in [-0.3, -0.25) is 20.6 Å². The molecule has 0 radical (unpaired) electrons. The number of urea groups is 1. The number of likely N-dealkylation sites (N-methyl/N-ethyl adjacent to an activating group) is 1. The Morgan fingerprint density at radius 1 is 1.05 bits per heavy atom. The average molecular weight is 541 g/mol. The van der Waals surface area contributed by atoms with Crippen LogP contribution in [0.5, 0.6) is 17.2 Å². The van der Waals surface area contributed by atoms with Crippen LogP contribution in [-0.2, 0) is 0 Å². The van der Waals surface area contributed by atoms with E-state index in [2.05, 4.69) is 45.2 Å². The van der Waals surface area contributed by atoms with Gasteiger partial charge in [0.2, 0.25) is 0 Å². The Hall–Kier alpha value is -4.02. The first kappa shape index (κ1) is 28.5. The molecule has 0 saturated carbocycles. The van der Waals surface area contributed by atoms with Crippen LogP contribution in [0, 0.1) is 6.92 Å². The summed E-state index contributed by atoms with van der Waals surface area (Å²) < 4.78 is 11.8. The van der Waals surface area contributed by atoms with E-state index in [1.807, 2.05) is 6.92 Å². The highest BCUT2D eigenvalue weighted by atomic mass is 35.5. The molecule has 2 aromatic carbocycles. The molecule has 0 spiro atoms. The monoisotopic (exact) mass is 540 g/mol. The zero-order chi connectivity index (χ0) is 27.5. The van der Waals surface area contributed by atoms with Crippen molar-refractivity contribution < 1.29 is 19.1 Å². The Balaban J connectivity index is 1.60. The van der Waals surface area contributed by atoms with Gasteiger partial charge in [-0.05, 0) is 49.8 Å². The lowest BCUT2D eigenvalue weighted by Crippen LogP contribution is -2.33. The fourth-order valence-electron chi connectivity index (χ4n) is 3.49. The zero-order valence-electron chi connectivity index (χ0n) is 21.9. The lowest BCUT2D eigenvalue weighted by Gasteiger charge is -2.20. The number of hydrogen-bond donors (Lipinski definition) is 4. The Kier molecular flexibility index (Phi) is 10.6. The SMILES string of the molecule is CCN(CC)CCOc1cc(Cl)c(C)cc1NC(=O)NNc1cccc(Oc2ccnc(C(=O)NC)c2)c1. The molecule has 0 aliphatic heterocycles. The highest BCUT2D eigenvalue weighted by molar-refractivity contribution is 6.31. The molecule has 0 aliphatic rings. The number of hydrazine groups is 1. The molecule has 0 bridgehead atoms. The summed E-state index contributed by atoms with van der Waals surface area (Å²) in [7, 11) is 1.53. The predicted octanol–water partition coefficient (Wildman–Crippen LogP) is 5.06. The van der Waals surface area contributed by atoms with E-state index in [4.69, 9.17) is 21.1 Å². The number of aromatic nitrogens is 1. The molecule has 0 unspecified atom stereocenters. The minimum absolute atomic E-state index is 0.242. The van der Waals surface area contributed by atoms with E-state index in [0.29, 0.717) is 40.3 Å². The Bertz CT molecular complexity index is 1250. The summed E-state index contributed by atoms with van der Waals surface area (Å²) in [5.41, 5.74) is 7.61. The third-order valence-corrected chi connectivity index (χ3v) is 6.06. The average Bonchev–Trinajstić information content (AvgIpc) is 2.92. The molecule has 1 heterocycles. The van der Waals surface area contributed by atoms with Crippen molar-refractivity contribution in [3.63, 3.8) is 0 Å². The van der Waals surface area contributed by atoms with Crippen LogP contribution >= 0.6 is 11.6 Å². The van der Waals surface area contributed by atoms with E-state index in [0.717, 1.165) is 25.2 Å². The van der Waals surface area contributed by atoms with Crippen molar-refractivity contribution in [1.29, 1.82) is 0 Å². The number of halogens is 1. The van der Waals surface area contributed by atoms with Crippen molar-refractivity contribution in [2.24, 2.45) is 0 Å². The van der Waals surface area contributed by atoms with Crippen molar-refractivity contribution in [1.82, 2.24) is 20.6 Å². The number of pyridine rings is 1. The third-order valence-electron chi connectivity index (χ3n) is 5.65. The van der Waals surface area contributed by atoms with E-state index in [9.17, 15) is 9.59 Å². The molecule has 11 heteroatoms. The second kappa shape index (κ2) is 14.1. The topological polar surface area (TPSA) is 117 Å². The van der Waals surface area contributed by atoms with Gasteiger partial charge < -0.3 is 25.0 Å². The van der Waals surface area contributed by atoms with Crippen molar-refractivity contribution in [2.75, 3.05) is 44.0 Å². The second-order valence-electron chi connectivity index (χ2n) is 8.26. The number of rotatable bonds is 12. The molecule has 0 saturated heterocycles. The molecule has 3 rings (SSSR count). The van der Waals surface area contributed by atoms with Crippen LogP contribution in [0.3, 0.4) is 0 Å². The van der Waals surface area contributed by atoms with Gasteiger partial charge in [0.25, 0.3) is 5.91 Å². The van der Waals surface area contributed by atoms with Crippen molar-refractivity contribution in [3.05, 3.63) is 71.0 Å². The highest BCUT2D eigenvalue weighted by Crippen LogP contribution is 2.31. The maximum atomic E-state index is 12.7. The third kappa shape index (κ3) is 8.25. The summed E-state index contributed by atoms with van der Waals surface area (Å²) in [4.78, 5) is 30.7. The van der Waals surface area contributed by atoms with Gasteiger partial charge in [-0.2, -0.15) is 0 Å². The van der Waals surface area contributed by atoms with Gasteiger partial charge in [-0.25, -0.2) is 4.79 Å². The number of carbonyl (C=O) groups excluding carboxylic acids is 2. The molecule has 3 amide bonds. The number of ether oxygens (including phenoxy) is 2. The summed E-state index contributed by atoms with van der Waals surface area (Å²) >= 11 is 6.30. The van der Waals surface area contributed by atoms with Crippen LogP contribution in [0.2, 0.25) is 5.02 Å². The van der Waals surface area contributed by atoms with E-state index >= 15 is 0 Å². The number of amides is 3. The number of anilines is 2. The highest BCUT2D eigenvalue weighted by Gasteiger charge is 2.12. The number of carbonyl (C=O) groups is 2. The quantitative estimate of drug-likeness (QED) is 0.237. The lowest BCUT2D eigenvalue weighted by atomic mass is 10.2. The summed E-state index contributed by atoms with van der Waals surface area (Å²) in [5.74, 6) is 1.14. The van der Waals surface area contributed by atoms with Crippen LogP contribution in [0.25, 0.3) is 0 Å². The van der Waals surface area contributed by atoms with E-state index in [-0.39, 0.29) is 11.6 Å². The molecular formula is C27H33ClN6O4. The lowest BCUT2D eigenvalue weighted by molar-refractivity contribution is 0.0957. The fourth-order valence-corrected chi connectivity index (χ4v) is 3.64. The number of hydrogen-bond acceptors (Lipinski definition) is 7. The van der Waals surface area contributed by atoms with Gasteiger partial charge >= 0.3 is 6.03 Å². The van der Waals surface area contributed by atoms with Gasteiger partial charge in [-0.1, -0.05) is 31.5 Å². The van der Waals surface area contributed by atoms with E-state index < -0.39 is 6.03 Å². The standard InChI is InChI=1S/C27H33ClN6O4/c1-5-34(6-2)12-13-37-25-17-22(28)18(3)14-23(25)31-27(36)33-32-19-8-7-9-20(15-19)38-21-10-11-30-24(16-21)26(35)29-4/h7-11,14-17,32H,5-6,12-13H2,1-4H3,(H,29,35)(H2,31,33,36). The summed E-state index contributed by atoms with van der Waals surface area (Å²) in [6, 6.07) is 13.2. The van der Waals surface area contributed by atoms with E-state index in [1.165, 1.54) is 13.2 Å². The molecule has 0 fully saturated rings. The van der Waals surface area contributed by atoms with Crippen LogP contribution in [0.1, 0.15) is 29.9 Å². The smallest absolute Gasteiger partial charge is 0.337 e. The number of benzene rings is 2. The first-order chi connectivity index (χ1) is 18.3. The van der Waals surface area contributed by atoms with Crippen molar-refractivity contribution in [2.45, 2.75) is 20.8 Å². The fraction of sp³-hybridized carbons (Fsp3) is 0.296. The summed E-state index contributed by atoms with van der Waals surface area (Å²) in [6.45, 7) is 9.14. The molecule has 1 aromatic heterocycles. The number of nitrogens with zero attached hydrogens (tertiary/aromatic N) is 2. The molecule has 3 aromatic rings. The van der Waals surface area contributed by atoms with Crippen LogP contribution in [0.4, 0.5) is 16.2 Å². The molecular weight excluding hydrogens is 508 g/mol. The van der Waals surface area contributed by atoms with Gasteiger partial charge in [0.1, 0.15) is 29.5 Å². The maximum Gasteiger partial charge on any atom is 0.337 e. The van der Waals surface area contributed by atoms with Gasteiger partial charge in [0.15, 0.2) is 0 Å². The molecule has 4 N–H and O–H groups in total. The first-order valence-corrected chi connectivity index (χ1v) is 12.6. The predicted molar refractivity (Wildman–Crippen MR) is 149 cm³/mol. The zero-order valence-corrected chi connectivity index (χ0v) is 22.7. The largest absolute Gasteiger partial charge is 0.490 e.